The number of thioether (sulfide) groups is 2. The van der Waals surface area contributed by atoms with Crippen LogP contribution in [0, 0.1) is 0 Å². The number of β-lactam (4-membered cyclic amide) rings is 1. The average Bonchev–Trinajstić information content (AvgIpc) is 3.35. The highest BCUT2D eigenvalue weighted by Gasteiger charge is 2.54. The number of rotatable bonds is 7. The number of amides is 2. The van der Waals surface area contributed by atoms with E-state index in [1.54, 1.807) is 0 Å². The van der Waals surface area contributed by atoms with Gasteiger partial charge in [-0.05, 0) is 23.3 Å². The van der Waals surface area contributed by atoms with Crippen molar-refractivity contribution in [3.05, 3.63) is 47.3 Å². The number of aromatic amines is 1. The number of phenolic OH excluding ortho intramolecular Hbond substituents is 1. The fourth-order valence-corrected chi connectivity index (χ4v) is 5.56. The van der Waals surface area contributed by atoms with E-state index in [1.165, 1.54) is 58.9 Å². The molecule has 0 spiro atoms. The summed E-state index contributed by atoms with van der Waals surface area (Å²) in [5, 5.41) is 40.2. The number of fused-ring (bicyclic) bond motifs is 1. The Morgan fingerprint density at radius 3 is 2.70 bits per heavy atom. The van der Waals surface area contributed by atoms with Crippen molar-refractivity contribution in [2.75, 3.05) is 18.6 Å². The molecule has 0 unspecified atom stereocenters. The number of carboxylic acid groups (broad SMARTS) is 1. The maximum absolute atomic E-state index is 12.7. The Morgan fingerprint density at radius 1 is 1.39 bits per heavy atom. The molecule has 1 fully saturated rings. The molecule has 0 bridgehead atoms. The molecule has 0 radical (unpaired) electrons. The highest BCUT2D eigenvalue weighted by Crippen LogP contribution is 2.41. The number of carbonyl (C=O) groups excluding carboxylic acids is 2. The zero-order chi connectivity index (χ0) is 24.1. The van der Waals surface area contributed by atoms with E-state index in [0.29, 0.717) is 27.7 Å². The van der Waals surface area contributed by atoms with Crippen LogP contribution in [0.1, 0.15) is 11.6 Å². The monoisotopic (exact) mass is 493 g/mol. The standard InChI is InChI=1S/C18H18N6O5S2.CH3O/c19-12(8-1-3-10(25)4-2-8)15(26)21-13-16(27)24-14(18(28)29)9(7-31-17(13)24)6-30-11-5-20-23-22-11;1-2/h1-5,12-13,17,25H,6-7,19H2,(H,21,26)(H,28,29)(H,20,22,23);1H3/q;-1/t12-,13-,17-;/m1./s1. The summed E-state index contributed by atoms with van der Waals surface area (Å²) in [4.78, 5) is 38.4. The highest BCUT2D eigenvalue weighted by atomic mass is 32.2. The van der Waals surface area contributed by atoms with E-state index in [4.69, 9.17) is 10.8 Å². The zero-order valence-corrected chi connectivity index (χ0v) is 18.9. The first-order valence-corrected chi connectivity index (χ1v) is 11.5. The van der Waals surface area contributed by atoms with E-state index < -0.39 is 35.2 Å². The maximum atomic E-state index is 12.7. The molecular weight excluding hydrogens is 472 g/mol. The molecule has 6 N–H and O–H groups in total. The Kier molecular flexibility index (Phi) is 7.97. The molecule has 2 amide bonds. The Morgan fingerprint density at radius 2 is 2.09 bits per heavy atom. The van der Waals surface area contributed by atoms with Crippen LogP contribution in [0.15, 0.2) is 46.8 Å². The molecule has 176 valence electrons. The summed E-state index contributed by atoms with van der Waals surface area (Å²) < 4.78 is 0. The number of aliphatic carboxylic acids is 1. The summed E-state index contributed by atoms with van der Waals surface area (Å²) in [6, 6.07) is 3.98. The molecule has 3 atom stereocenters. The van der Waals surface area contributed by atoms with Crippen LogP contribution in [0.3, 0.4) is 0 Å². The van der Waals surface area contributed by atoms with Crippen molar-refractivity contribution in [1.29, 1.82) is 0 Å². The quantitative estimate of drug-likeness (QED) is 0.235. The van der Waals surface area contributed by atoms with Crippen molar-refractivity contribution in [1.82, 2.24) is 25.6 Å². The number of nitrogens with one attached hydrogen (secondary N) is 2. The third-order valence-electron chi connectivity index (χ3n) is 4.87. The number of aromatic nitrogens is 3. The number of nitrogens with zero attached hydrogens (tertiary/aromatic N) is 3. The normalized spacial score (nSPS) is 20.2. The lowest BCUT2D eigenvalue weighted by molar-refractivity contribution is -0.325. The molecule has 1 aromatic carbocycles. The minimum absolute atomic E-state index is 0.0466. The minimum atomic E-state index is -1.19. The number of hydrogen-bond acceptors (Lipinski definition) is 10. The molecule has 0 saturated carbocycles. The lowest BCUT2D eigenvalue weighted by Crippen LogP contribution is -2.71. The van der Waals surface area contributed by atoms with Gasteiger partial charge in [-0.3, -0.25) is 14.5 Å². The third kappa shape index (κ3) is 5.13. The van der Waals surface area contributed by atoms with Gasteiger partial charge in [-0.1, -0.05) is 23.9 Å². The van der Waals surface area contributed by atoms with Gasteiger partial charge in [0.15, 0.2) is 0 Å². The van der Waals surface area contributed by atoms with Gasteiger partial charge in [-0.2, -0.15) is 17.4 Å². The van der Waals surface area contributed by atoms with Gasteiger partial charge in [-0.15, -0.1) is 16.9 Å². The minimum Gasteiger partial charge on any atom is -0.857 e. The van der Waals surface area contributed by atoms with Gasteiger partial charge in [0, 0.05) is 11.5 Å². The van der Waals surface area contributed by atoms with E-state index in [2.05, 4.69) is 20.7 Å². The van der Waals surface area contributed by atoms with Crippen LogP contribution >= 0.6 is 23.5 Å². The first kappa shape index (κ1) is 24.6. The Hall–Kier alpha value is -3.07. The van der Waals surface area contributed by atoms with Crippen LogP contribution in [0.25, 0.3) is 0 Å². The van der Waals surface area contributed by atoms with E-state index in [-0.39, 0.29) is 11.4 Å². The van der Waals surface area contributed by atoms with E-state index >= 15 is 0 Å². The molecule has 1 saturated heterocycles. The van der Waals surface area contributed by atoms with E-state index in [1.807, 2.05) is 0 Å². The van der Waals surface area contributed by atoms with Gasteiger partial charge in [0.05, 0.1) is 6.20 Å². The smallest absolute Gasteiger partial charge is 0.352 e. The summed E-state index contributed by atoms with van der Waals surface area (Å²) in [5.74, 6) is -1.45. The van der Waals surface area contributed by atoms with Crippen LogP contribution in [0.2, 0.25) is 0 Å². The van der Waals surface area contributed by atoms with Gasteiger partial charge in [-0.25, -0.2) is 4.79 Å². The van der Waals surface area contributed by atoms with Crippen molar-refractivity contribution >= 4 is 41.3 Å². The first-order valence-electron chi connectivity index (χ1n) is 9.51. The number of H-pyrrole nitrogens is 1. The van der Waals surface area contributed by atoms with E-state index in [0.717, 1.165) is 7.11 Å². The fourth-order valence-electron chi connectivity index (χ4n) is 3.29. The summed E-state index contributed by atoms with van der Waals surface area (Å²) in [5.41, 5.74) is 6.99. The molecule has 4 rings (SSSR count). The van der Waals surface area contributed by atoms with Crippen LogP contribution in [-0.4, -0.2) is 78.3 Å². The first-order chi connectivity index (χ1) is 15.9. The molecule has 1 aromatic heterocycles. The molecule has 2 aliphatic heterocycles. The van der Waals surface area contributed by atoms with Crippen molar-refractivity contribution < 1.29 is 29.7 Å². The number of aromatic hydroxyl groups is 1. The predicted octanol–water partition coefficient (Wildman–Crippen LogP) is -0.982. The van der Waals surface area contributed by atoms with Crippen molar-refractivity contribution in [2.45, 2.75) is 22.5 Å². The Bertz CT molecular complexity index is 1050. The number of carboxylic acids is 1. The molecular formula is C19H21N6O6S2-. The number of benzene rings is 1. The summed E-state index contributed by atoms with van der Waals surface area (Å²) in [6.07, 6.45) is 1.53. The van der Waals surface area contributed by atoms with Gasteiger partial charge in [0.25, 0.3) is 5.91 Å². The Balaban J connectivity index is 0.00000149. The molecule has 12 nitrogen and oxygen atoms in total. The molecule has 3 heterocycles. The van der Waals surface area contributed by atoms with Crippen molar-refractivity contribution in [3.63, 3.8) is 0 Å². The maximum Gasteiger partial charge on any atom is 0.352 e. The second kappa shape index (κ2) is 10.7. The summed E-state index contributed by atoms with van der Waals surface area (Å²) >= 11 is 2.70. The fraction of sp³-hybridized carbons (Fsp3) is 0.316. The van der Waals surface area contributed by atoms with Crippen LogP contribution < -0.4 is 16.2 Å². The van der Waals surface area contributed by atoms with Crippen LogP contribution in [0.4, 0.5) is 0 Å². The highest BCUT2D eigenvalue weighted by molar-refractivity contribution is 8.01. The van der Waals surface area contributed by atoms with Gasteiger partial charge >= 0.3 is 5.97 Å². The molecule has 14 heteroatoms. The van der Waals surface area contributed by atoms with E-state index in [9.17, 15) is 24.6 Å². The van der Waals surface area contributed by atoms with Crippen LogP contribution in [0.5, 0.6) is 5.75 Å². The molecule has 33 heavy (non-hydrogen) atoms. The molecule has 0 aliphatic carbocycles. The SMILES string of the molecule is C[O-].N[C@@H](C(=O)N[C@@H]1C(=O)N2C(C(=O)O)=C(CSc3cn[nH]n3)CS[C@H]12)c1ccc(O)cc1. The zero-order valence-electron chi connectivity index (χ0n) is 17.3. The largest absolute Gasteiger partial charge is 0.857 e. The molecule has 2 aromatic rings. The lowest BCUT2D eigenvalue weighted by Gasteiger charge is -2.49. The lowest BCUT2D eigenvalue weighted by atomic mass is 10.0. The van der Waals surface area contributed by atoms with Crippen LogP contribution in [-0.2, 0) is 14.4 Å². The van der Waals surface area contributed by atoms with Crippen molar-refractivity contribution in [3.8, 4) is 5.75 Å². The average molecular weight is 494 g/mol. The van der Waals surface area contributed by atoms with Gasteiger partial charge < -0.3 is 26.4 Å². The third-order valence-corrected chi connectivity index (χ3v) is 7.19. The topological polar surface area (TPSA) is 198 Å². The number of nitrogens with two attached hydrogens (primary N) is 1. The number of hydrogen-bond donors (Lipinski definition) is 5. The second-order valence-corrected chi connectivity index (χ2v) is 8.92. The summed E-state index contributed by atoms with van der Waals surface area (Å²) in [6.45, 7) is 0. The van der Waals surface area contributed by atoms with Crippen molar-refractivity contribution in [2.24, 2.45) is 5.73 Å². The molecule has 2 aliphatic rings. The van der Waals surface area contributed by atoms with Gasteiger partial charge in [0.2, 0.25) is 5.91 Å². The Labute approximate surface area is 196 Å². The second-order valence-electron chi connectivity index (χ2n) is 6.82. The number of carbonyl (C=O) groups is 3. The number of phenols is 1. The van der Waals surface area contributed by atoms with Gasteiger partial charge in [0.1, 0.15) is 33.9 Å². The summed E-state index contributed by atoms with van der Waals surface area (Å²) in [7, 11) is 0.750. The predicted molar refractivity (Wildman–Crippen MR) is 118 cm³/mol.